The van der Waals surface area contributed by atoms with Crippen LogP contribution in [0.15, 0.2) is 47.4 Å². The third-order valence-electron chi connectivity index (χ3n) is 4.83. The Morgan fingerprint density at radius 3 is 2.32 bits per heavy atom. The highest BCUT2D eigenvalue weighted by Gasteiger charge is 2.27. The zero-order valence-electron chi connectivity index (χ0n) is 16.4. The Hall–Kier alpha value is -2.38. The van der Waals surface area contributed by atoms with Crippen LogP contribution >= 0.6 is 0 Å². The summed E-state index contributed by atoms with van der Waals surface area (Å²) in [6.45, 7) is 6.75. The van der Waals surface area contributed by atoms with E-state index in [-0.39, 0.29) is 10.8 Å². The molecule has 7 heteroatoms. The summed E-state index contributed by atoms with van der Waals surface area (Å²) >= 11 is 0. The van der Waals surface area contributed by atoms with Gasteiger partial charge in [-0.25, -0.2) is 8.42 Å². The number of anilines is 1. The Labute approximate surface area is 166 Å². The molecule has 150 valence electrons. The van der Waals surface area contributed by atoms with E-state index in [1.807, 2.05) is 32.0 Å². The Kier molecular flexibility index (Phi) is 6.05. The molecule has 1 N–H and O–H groups in total. The van der Waals surface area contributed by atoms with Crippen LogP contribution < -0.4 is 10.1 Å². The van der Waals surface area contributed by atoms with Crippen molar-refractivity contribution in [1.29, 1.82) is 0 Å². The van der Waals surface area contributed by atoms with Crippen LogP contribution in [0, 0.1) is 13.8 Å². The van der Waals surface area contributed by atoms with Gasteiger partial charge in [0.25, 0.3) is 5.91 Å². The molecule has 2 aromatic carbocycles. The number of rotatable bonds is 6. The monoisotopic (exact) mass is 402 g/mol. The van der Waals surface area contributed by atoms with Crippen molar-refractivity contribution in [2.45, 2.75) is 44.6 Å². The molecule has 0 aliphatic carbocycles. The fourth-order valence-electron chi connectivity index (χ4n) is 3.21. The van der Waals surface area contributed by atoms with Gasteiger partial charge in [0.05, 0.1) is 4.90 Å². The maximum Gasteiger partial charge on any atom is 0.265 e. The summed E-state index contributed by atoms with van der Waals surface area (Å²) in [7, 11) is -3.45. The lowest BCUT2D eigenvalue weighted by atomic mass is 10.1. The maximum absolute atomic E-state index is 12.6. The molecular formula is C21H26N2O4S. The van der Waals surface area contributed by atoms with Crippen molar-refractivity contribution in [3.05, 3.63) is 53.6 Å². The van der Waals surface area contributed by atoms with Crippen molar-refractivity contribution < 1.29 is 17.9 Å². The molecule has 0 spiro atoms. The fourth-order valence-corrected chi connectivity index (χ4v) is 4.72. The normalized spacial score (nSPS) is 16.0. The van der Waals surface area contributed by atoms with Gasteiger partial charge in [0.2, 0.25) is 10.0 Å². The van der Waals surface area contributed by atoms with Gasteiger partial charge in [-0.3, -0.25) is 4.79 Å². The molecule has 0 bridgehead atoms. The van der Waals surface area contributed by atoms with E-state index in [9.17, 15) is 13.2 Å². The van der Waals surface area contributed by atoms with Crippen LogP contribution in [0.1, 0.15) is 30.9 Å². The number of ether oxygens (including phenoxy) is 1. The van der Waals surface area contributed by atoms with Crippen LogP contribution in [0.3, 0.4) is 0 Å². The van der Waals surface area contributed by atoms with Gasteiger partial charge in [0.15, 0.2) is 6.10 Å². The molecule has 1 heterocycles. The first kappa shape index (κ1) is 20.4. The first-order chi connectivity index (χ1) is 13.3. The van der Waals surface area contributed by atoms with E-state index >= 15 is 0 Å². The Balaban J connectivity index is 1.63. The highest BCUT2D eigenvalue weighted by molar-refractivity contribution is 7.89. The van der Waals surface area contributed by atoms with E-state index in [0.717, 1.165) is 24.0 Å². The minimum absolute atomic E-state index is 0.243. The molecule has 1 atom stereocenters. The Morgan fingerprint density at radius 2 is 1.71 bits per heavy atom. The lowest BCUT2D eigenvalue weighted by Crippen LogP contribution is -2.30. The molecule has 1 aliphatic rings. The predicted octanol–water partition coefficient (Wildman–Crippen LogP) is 3.49. The number of aryl methyl sites for hydroxylation is 2. The second-order valence-electron chi connectivity index (χ2n) is 7.15. The number of nitrogens with zero attached hydrogens (tertiary/aromatic N) is 1. The molecule has 0 aromatic heterocycles. The summed E-state index contributed by atoms with van der Waals surface area (Å²) in [5.41, 5.74) is 2.63. The van der Waals surface area contributed by atoms with Crippen LogP contribution in [-0.4, -0.2) is 37.8 Å². The van der Waals surface area contributed by atoms with Gasteiger partial charge in [0, 0.05) is 18.8 Å². The summed E-state index contributed by atoms with van der Waals surface area (Å²) in [5.74, 6) is 0.371. The first-order valence-electron chi connectivity index (χ1n) is 9.42. The minimum atomic E-state index is -3.45. The predicted molar refractivity (Wildman–Crippen MR) is 109 cm³/mol. The van der Waals surface area contributed by atoms with Crippen LogP contribution in [-0.2, 0) is 14.8 Å². The van der Waals surface area contributed by atoms with Crippen molar-refractivity contribution in [1.82, 2.24) is 4.31 Å². The van der Waals surface area contributed by atoms with Crippen LogP contribution in [0.4, 0.5) is 5.69 Å². The summed E-state index contributed by atoms with van der Waals surface area (Å²) in [6.07, 6.45) is 1.10. The fraction of sp³-hybridized carbons (Fsp3) is 0.381. The number of nitrogens with one attached hydrogen (secondary N) is 1. The van der Waals surface area contributed by atoms with Crippen molar-refractivity contribution in [2.75, 3.05) is 18.4 Å². The van der Waals surface area contributed by atoms with Gasteiger partial charge in [-0.15, -0.1) is 0 Å². The highest BCUT2D eigenvalue weighted by atomic mass is 32.2. The van der Waals surface area contributed by atoms with Gasteiger partial charge in [-0.1, -0.05) is 17.7 Å². The number of amides is 1. The summed E-state index contributed by atoms with van der Waals surface area (Å²) in [5, 5.41) is 2.77. The molecule has 3 rings (SSSR count). The number of hydrogen-bond donors (Lipinski definition) is 1. The summed E-state index contributed by atoms with van der Waals surface area (Å²) in [4.78, 5) is 12.7. The quantitative estimate of drug-likeness (QED) is 0.802. The Morgan fingerprint density at radius 1 is 1.07 bits per heavy atom. The molecule has 28 heavy (non-hydrogen) atoms. The average molecular weight is 403 g/mol. The lowest BCUT2D eigenvalue weighted by molar-refractivity contribution is -0.122. The second-order valence-corrected chi connectivity index (χ2v) is 9.09. The average Bonchev–Trinajstić information content (AvgIpc) is 3.20. The summed E-state index contributed by atoms with van der Waals surface area (Å²) < 4.78 is 32.4. The smallest absolute Gasteiger partial charge is 0.265 e. The number of hydrogen-bond acceptors (Lipinski definition) is 4. The van der Waals surface area contributed by atoms with E-state index in [4.69, 9.17) is 4.74 Å². The molecule has 0 radical (unpaired) electrons. The molecule has 0 saturated carbocycles. The van der Waals surface area contributed by atoms with E-state index in [1.165, 1.54) is 16.4 Å². The zero-order valence-corrected chi connectivity index (χ0v) is 17.3. The van der Waals surface area contributed by atoms with Crippen molar-refractivity contribution in [3.8, 4) is 5.75 Å². The van der Waals surface area contributed by atoms with Crippen LogP contribution in [0.25, 0.3) is 0 Å². The van der Waals surface area contributed by atoms with Gasteiger partial charge < -0.3 is 10.1 Å². The molecular weight excluding hydrogens is 376 g/mol. The lowest BCUT2D eigenvalue weighted by Gasteiger charge is -2.17. The standard InChI is InChI=1S/C21H26N2O4S/c1-15-6-11-20(16(2)14-15)27-17(3)21(24)22-18-7-9-19(10-8-18)28(25,26)23-12-4-5-13-23/h6-11,14,17H,4-5,12-13H2,1-3H3,(H,22,24)/t17-/m1/s1. The highest BCUT2D eigenvalue weighted by Crippen LogP contribution is 2.23. The second kappa shape index (κ2) is 8.32. The number of sulfonamides is 1. The summed E-state index contributed by atoms with van der Waals surface area (Å²) in [6, 6.07) is 12.0. The van der Waals surface area contributed by atoms with E-state index < -0.39 is 16.1 Å². The molecule has 0 unspecified atom stereocenters. The zero-order chi connectivity index (χ0) is 20.3. The van der Waals surface area contributed by atoms with Gasteiger partial charge in [0.1, 0.15) is 5.75 Å². The van der Waals surface area contributed by atoms with E-state index in [1.54, 1.807) is 19.1 Å². The van der Waals surface area contributed by atoms with Crippen molar-refractivity contribution in [2.24, 2.45) is 0 Å². The topological polar surface area (TPSA) is 75.7 Å². The third-order valence-corrected chi connectivity index (χ3v) is 6.74. The molecule has 1 saturated heterocycles. The van der Waals surface area contributed by atoms with Crippen molar-refractivity contribution >= 4 is 21.6 Å². The number of benzene rings is 2. The minimum Gasteiger partial charge on any atom is -0.481 e. The Bertz CT molecular complexity index is 949. The largest absolute Gasteiger partial charge is 0.481 e. The molecule has 2 aromatic rings. The maximum atomic E-state index is 12.6. The molecule has 6 nitrogen and oxygen atoms in total. The number of carbonyl (C=O) groups excluding carboxylic acids is 1. The van der Waals surface area contributed by atoms with Gasteiger partial charge >= 0.3 is 0 Å². The third kappa shape index (κ3) is 4.54. The van der Waals surface area contributed by atoms with E-state index in [0.29, 0.717) is 24.5 Å². The van der Waals surface area contributed by atoms with Crippen LogP contribution in [0.2, 0.25) is 0 Å². The van der Waals surface area contributed by atoms with E-state index in [2.05, 4.69) is 5.32 Å². The van der Waals surface area contributed by atoms with Gasteiger partial charge in [-0.2, -0.15) is 4.31 Å². The van der Waals surface area contributed by atoms with Gasteiger partial charge in [-0.05, 0) is 69.5 Å². The van der Waals surface area contributed by atoms with Crippen LogP contribution in [0.5, 0.6) is 5.75 Å². The van der Waals surface area contributed by atoms with Crippen molar-refractivity contribution in [3.63, 3.8) is 0 Å². The SMILES string of the molecule is Cc1ccc(O[C@H](C)C(=O)Nc2ccc(S(=O)(=O)N3CCCC3)cc2)c(C)c1. The number of carbonyl (C=O) groups is 1. The molecule has 1 aliphatic heterocycles. The first-order valence-corrected chi connectivity index (χ1v) is 10.9. The molecule has 1 fully saturated rings. The molecule has 1 amide bonds.